The number of hydrogen-bond donors (Lipinski definition) is 1. The summed E-state index contributed by atoms with van der Waals surface area (Å²) in [7, 11) is -5.88. The molecule has 1 saturated heterocycles. The highest BCUT2D eigenvalue weighted by Gasteiger charge is 2.40. The van der Waals surface area contributed by atoms with Crippen molar-refractivity contribution in [2.45, 2.75) is 58.3 Å². The third-order valence-electron chi connectivity index (χ3n) is 3.73. The lowest BCUT2D eigenvalue weighted by molar-refractivity contribution is -0.141. The van der Waals surface area contributed by atoms with Crippen LogP contribution in [0.25, 0.3) is 0 Å². The zero-order valence-electron chi connectivity index (χ0n) is 16.1. The van der Waals surface area contributed by atoms with E-state index in [-0.39, 0.29) is 12.3 Å². The van der Waals surface area contributed by atoms with Crippen LogP contribution >= 0.6 is 0 Å². The molecule has 1 aliphatic rings. The predicted molar refractivity (Wildman–Crippen MR) is 106 cm³/mol. The molecular formula is C14H33NO5Si4. The molecule has 1 N–H and O–H groups in total. The fourth-order valence-electron chi connectivity index (χ4n) is 2.66. The first-order chi connectivity index (χ1) is 10.7. The number of carboxylic acid groups (broad SMARTS) is 1. The van der Waals surface area contributed by atoms with Gasteiger partial charge in [-0.05, 0) is 26.2 Å². The van der Waals surface area contributed by atoms with Crippen molar-refractivity contribution in [2.75, 3.05) is 13.1 Å². The zero-order valence-corrected chi connectivity index (χ0v) is 20.6. The van der Waals surface area contributed by atoms with E-state index in [0.29, 0.717) is 13.1 Å². The van der Waals surface area contributed by atoms with Crippen LogP contribution in [-0.2, 0) is 17.8 Å². The molecule has 2 atom stereocenters. The van der Waals surface area contributed by atoms with Crippen molar-refractivity contribution in [3.05, 3.63) is 0 Å². The first-order valence-electron chi connectivity index (χ1n) is 8.55. The van der Waals surface area contributed by atoms with E-state index in [4.69, 9.17) is 13.3 Å². The Bertz CT molecular complexity index is 477. The summed E-state index contributed by atoms with van der Waals surface area (Å²) in [6.07, 6.45) is 0.118. The zero-order chi connectivity index (χ0) is 18.8. The van der Waals surface area contributed by atoms with Gasteiger partial charge >= 0.3 is 14.5 Å². The summed E-state index contributed by atoms with van der Waals surface area (Å²) < 4.78 is 12.9. The second-order valence-corrected chi connectivity index (χ2v) is 30.6. The van der Waals surface area contributed by atoms with Crippen molar-refractivity contribution in [1.29, 1.82) is 0 Å². The maximum absolute atomic E-state index is 12.0. The van der Waals surface area contributed by atoms with Gasteiger partial charge in [0.05, 0.1) is 13.5 Å². The first-order valence-corrected chi connectivity index (χ1v) is 20.9. The molecule has 1 fully saturated rings. The molecule has 24 heavy (non-hydrogen) atoms. The Morgan fingerprint density at radius 2 is 1.83 bits per heavy atom. The molecule has 0 saturated carbocycles. The molecule has 1 aliphatic heterocycles. The molecule has 0 aliphatic carbocycles. The van der Waals surface area contributed by atoms with Gasteiger partial charge < -0.3 is 18.2 Å². The number of nitrogens with zero attached hydrogens (tertiary/aromatic N) is 1. The molecule has 1 amide bonds. The summed E-state index contributed by atoms with van der Waals surface area (Å²) in [6, 6.07) is 0.729. The van der Waals surface area contributed by atoms with Crippen LogP contribution in [-0.4, -0.2) is 68.7 Å². The maximum Gasteiger partial charge on any atom is 0.315 e. The molecule has 0 spiro atoms. The average Bonchev–Trinajstić information content (AvgIpc) is 2.73. The normalized spacial score (nSPS) is 22.4. The predicted octanol–water partition coefficient (Wildman–Crippen LogP) is 1.78. The molecule has 1 rings (SSSR count). The summed E-state index contributed by atoms with van der Waals surface area (Å²) in [5.41, 5.74) is 0. The van der Waals surface area contributed by atoms with Crippen LogP contribution in [0.5, 0.6) is 0 Å². The second-order valence-electron chi connectivity index (χ2n) is 9.03. The van der Waals surface area contributed by atoms with Gasteiger partial charge in [-0.25, -0.2) is 0 Å². The monoisotopic (exact) mass is 407 g/mol. The lowest BCUT2D eigenvalue weighted by Gasteiger charge is -2.36. The molecule has 140 valence electrons. The highest BCUT2D eigenvalue weighted by atomic mass is 29.2. The van der Waals surface area contributed by atoms with Crippen LogP contribution < -0.4 is 0 Å². The number of carbonyl (C=O) groups is 2. The van der Waals surface area contributed by atoms with E-state index in [0.717, 1.165) is 6.04 Å². The van der Waals surface area contributed by atoms with Gasteiger partial charge in [0.1, 0.15) is 9.28 Å². The minimum Gasteiger partial charge on any atom is -0.481 e. The van der Waals surface area contributed by atoms with Gasteiger partial charge in [0, 0.05) is 25.6 Å². The Morgan fingerprint density at radius 1 is 1.25 bits per heavy atom. The molecule has 0 bridgehead atoms. The van der Waals surface area contributed by atoms with Crippen molar-refractivity contribution >= 4 is 45.6 Å². The van der Waals surface area contributed by atoms with Crippen LogP contribution in [0.15, 0.2) is 0 Å². The largest absolute Gasteiger partial charge is 0.481 e. The van der Waals surface area contributed by atoms with E-state index in [9.17, 15) is 9.59 Å². The number of carboxylic acids is 1. The fourth-order valence-corrected chi connectivity index (χ4v) is 19.9. The summed E-state index contributed by atoms with van der Waals surface area (Å²) in [6.45, 7) is 16.5. The van der Waals surface area contributed by atoms with Gasteiger partial charge in [0.15, 0.2) is 8.32 Å². The van der Waals surface area contributed by atoms with Crippen LogP contribution in [0.4, 0.5) is 0 Å². The Balaban J connectivity index is 2.71. The Morgan fingerprint density at radius 3 is 2.25 bits per heavy atom. The van der Waals surface area contributed by atoms with E-state index in [1.165, 1.54) is 0 Å². The number of rotatable bonds is 9. The topological polar surface area (TPSA) is 76.1 Å². The SMILES string of the molecule is C[Si](C)(C)O[Si](C)(CCN1CC(C(=O)O)CC1=O)O[SiH2][Si](C)(C)C. The standard InChI is InChI=1S/C14H33NO5Si4/c1-22(2,3)20-24(7,19-21-23(4,5)6)9-8-15-11-12(14(17)18)10-13(15)16/h12H,8-11,21H2,1-7H3,(H,17,18). The van der Waals surface area contributed by atoms with Crippen LogP contribution in [0.3, 0.4) is 0 Å². The van der Waals surface area contributed by atoms with E-state index in [2.05, 4.69) is 45.8 Å². The van der Waals surface area contributed by atoms with Gasteiger partial charge in [-0.1, -0.05) is 19.6 Å². The molecule has 2 unspecified atom stereocenters. The summed E-state index contributed by atoms with van der Waals surface area (Å²) in [5, 5.41) is 9.10. The lowest BCUT2D eigenvalue weighted by atomic mass is 10.1. The van der Waals surface area contributed by atoms with Gasteiger partial charge in [0.2, 0.25) is 5.91 Å². The van der Waals surface area contributed by atoms with Crippen LogP contribution in [0.1, 0.15) is 6.42 Å². The third kappa shape index (κ3) is 7.74. The van der Waals surface area contributed by atoms with Crippen molar-refractivity contribution < 1.29 is 22.9 Å². The highest BCUT2D eigenvalue weighted by Crippen LogP contribution is 2.24. The minimum atomic E-state index is -2.32. The van der Waals surface area contributed by atoms with E-state index in [1.807, 2.05) is 0 Å². The molecule has 0 aromatic carbocycles. The maximum atomic E-state index is 12.0. The van der Waals surface area contributed by atoms with Gasteiger partial charge in [-0.15, -0.1) is 0 Å². The lowest BCUT2D eigenvalue weighted by Crippen LogP contribution is -2.52. The first kappa shape index (κ1) is 21.8. The number of likely N-dealkylation sites (tertiary alicyclic amines) is 1. The molecule has 0 aromatic heterocycles. The summed E-state index contributed by atoms with van der Waals surface area (Å²) >= 11 is 0. The summed E-state index contributed by atoms with van der Waals surface area (Å²) in [4.78, 5) is 24.8. The summed E-state index contributed by atoms with van der Waals surface area (Å²) in [5.74, 6) is -1.51. The molecule has 10 heteroatoms. The van der Waals surface area contributed by atoms with Crippen LogP contribution in [0.2, 0.25) is 51.9 Å². The minimum absolute atomic E-state index is 0.0609. The number of amides is 1. The molecule has 1 heterocycles. The number of carbonyl (C=O) groups excluding carboxylic acids is 1. The van der Waals surface area contributed by atoms with E-state index in [1.54, 1.807) is 4.90 Å². The van der Waals surface area contributed by atoms with Crippen molar-refractivity contribution in [1.82, 2.24) is 4.90 Å². The second kappa shape index (κ2) is 7.95. The smallest absolute Gasteiger partial charge is 0.315 e. The number of aliphatic carboxylic acids is 1. The average molecular weight is 408 g/mol. The van der Waals surface area contributed by atoms with Gasteiger partial charge in [-0.2, -0.15) is 0 Å². The Labute approximate surface area is 151 Å². The van der Waals surface area contributed by atoms with Crippen molar-refractivity contribution in [3.8, 4) is 0 Å². The van der Waals surface area contributed by atoms with Gasteiger partial charge in [-0.3, -0.25) is 9.59 Å². The highest BCUT2D eigenvalue weighted by molar-refractivity contribution is 7.22. The Hall–Kier alpha value is -0.272. The van der Waals surface area contributed by atoms with Crippen molar-refractivity contribution in [3.63, 3.8) is 0 Å². The fraction of sp³-hybridized carbons (Fsp3) is 0.857. The van der Waals surface area contributed by atoms with E-state index >= 15 is 0 Å². The van der Waals surface area contributed by atoms with E-state index < -0.39 is 45.6 Å². The molecular weight excluding hydrogens is 375 g/mol. The Kier molecular flexibility index (Phi) is 7.21. The quantitative estimate of drug-likeness (QED) is 0.590. The molecule has 6 nitrogen and oxygen atoms in total. The van der Waals surface area contributed by atoms with Gasteiger partial charge in [0.25, 0.3) is 0 Å². The molecule has 0 radical (unpaired) electrons. The van der Waals surface area contributed by atoms with Crippen molar-refractivity contribution in [2.24, 2.45) is 5.92 Å². The molecule has 0 aromatic rings. The van der Waals surface area contributed by atoms with Crippen LogP contribution in [0, 0.1) is 5.92 Å². The number of hydrogen-bond acceptors (Lipinski definition) is 4. The third-order valence-corrected chi connectivity index (χ3v) is 16.8.